The van der Waals surface area contributed by atoms with Crippen molar-refractivity contribution in [3.63, 3.8) is 0 Å². The molecule has 0 radical (unpaired) electrons. The monoisotopic (exact) mass is 224 g/mol. The minimum absolute atomic E-state index is 0.0129. The molecule has 90 valence electrons. The molecule has 1 aromatic carbocycles. The van der Waals surface area contributed by atoms with Crippen molar-refractivity contribution in [2.75, 3.05) is 13.7 Å². The molecule has 0 unspecified atom stereocenters. The maximum atomic E-state index is 9.17. The van der Waals surface area contributed by atoms with Crippen LogP contribution in [0.4, 0.5) is 0 Å². The lowest BCUT2D eigenvalue weighted by atomic mass is 10.1. The number of aliphatic hydroxyl groups excluding tert-OH is 1. The molecule has 0 atom stereocenters. The van der Waals surface area contributed by atoms with Crippen LogP contribution in [0, 0.1) is 5.92 Å². The van der Waals surface area contributed by atoms with Crippen molar-refractivity contribution in [1.82, 2.24) is 0 Å². The van der Waals surface area contributed by atoms with Crippen LogP contribution in [-0.2, 0) is 6.61 Å². The van der Waals surface area contributed by atoms with Gasteiger partial charge in [0, 0.05) is 11.6 Å². The lowest BCUT2D eigenvalue weighted by Crippen LogP contribution is -2.03. The summed E-state index contributed by atoms with van der Waals surface area (Å²) in [6.07, 6.45) is 1.00. The van der Waals surface area contributed by atoms with Gasteiger partial charge in [-0.05, 0) is 24.5 Å². The van der Waals surface area contributed by atoms with E-state index in [1.807, 2.05) is 18.2 Å². The molecule has 1 rings (SSSR count). The van der Waals surface area contributed by atoms with Gasteiger partial charge in [0.25, 0.3) is 0 Å². The Kier molecular flexibility index (Phi) is 5.12. The van der Waals surface area contributed by atoms with Gasteiger partial charge in [0.05, 0.1) is 20.3 Å². The number of ether oxygens (including phenoxy) is 2. The average Bonchev–Trinajstić information content (AvgIpc) is 2.28. The maximum absolute atomic E-state index is 9.17. The second-order valence-electron chi connectivity index (χ2n) is 4.16. The van der Waals surface area contributed by atoms with Gasteiger partial charge in [-0.15, -0.1) is 0 Å². The highest BCUT2D eigenvalue weighted by molar-refractivity contribution is 5.40. The van der Waals surface area contributed by atoms with Crippen molar-refractivity contribution in [3.05, 3.63) is 23.8 Å². The summed E-state index contributed by atoms with van der Waals surface area (Å²) in [5.41, 5.74) is 0.796. The normalized spacial score (nSPS) is 10.6. The molecular weight excluding hydrogens is 204 g/mol. The third kappa shape index (κ3) is 3.74. The quantitative estimate of drug-likeness (QED) is 0.807. The van der Waals surface area contributed by atoms with Gasteiger partial charge in [-0.25, -0.2) is 0 Å². The predicted octanol–water partition coefficient (Wildman–Crippen LogP) is 2.61. The second kappa shape index (κ2) is 6.38. The van der Waals surface area contributed by atoms with Crippen LogP contribution < -0.4 is 9.47 Å². The molecule has 16 heavy (non-hydrogen) atoms. The fraction of sp³-hybridized carbons (Fsp3) is 0.538. The Bertz CT molecular complexity index is 321. The molecule has 0 fully saturated rings. The highest BCUT2D eigenvalue weighted by atomic mass is 16.5. The largest absolute Gasteiger partial charge is 0.497 e. The van der Waals surface area contributed by atoms with Crippen molar-refractivity contribution < 1.29 is 14.6 Å². The van der Waals surface area contributed by atoms with Crippen LogP contribution in [0.2, 0.25) is 0 Å². The predicted molar refractivity (Wildman–Crippen MR) is 63.9 cm³/mol. The first-order valence-corrected chi connectivity index (χ1v) is 5.58. The van der Waals surface area contributed by atoms with Gasteiger partial charge in [0.1, 0.15) is 11.5 Å². The van der Waals surface area contributed by atoms with Crippen molar-refractivity contribution in [3.8, 4) is 11.5 Å². The van der Waals surface area contributed by atoms with E-state index in [-0.39, 0.29) is 6.61 Å². The maximum Gasteiger partial charge on any atom is 0.128 e. The summed E-state index contributed by atoms with van der Waals surface area (Å²) in [4.78, 5) is 0. The summed E-state index contributed by atoms with van der Waals surface area (Å²) < 4.78 is 10.8. The Morgan fingerprint density at radius 2 is 2.06 bits per heavy atom. The van der Waals surface area contributed by atoms with Crippen LogP contribution in [0.25, 0.3) is 0 Å². The fourth-order valence-corrected chi connectivity index (χ4v) is 1.33. The summed E-state index contributed by atoms with van der Waals surface area (Å²) in [6, 6.07) is 5.45. The topological polar surface area (TPSA) is 38.7 Å². The van der Waals surface area contributed by atoms with Crippen molar-refractivity contribution in [2.45, 2.75) is 26.9 Å². The van der Waals surface area contributed by atoms with Crippen LogP contribution in [-0.4, -0.2) is 18.8 Å². The lowest BCUT2D eigenvalue weighted by Gasteiger charge is -2.12. The van der Waals surface area contributed by atoms with Gasteiger partial charge in [-0.1, -0.05) is 13.8 Å². The SMILES string of the molecule is COc1ccc(CO)c(OCCC(C)C)c1. The number of benzene rings is 1. The van der Waals surface area contributed by atoms with Crippen LogP contribution in [0.5, 0.6) is 11.5 Å². The molecule has 1 aromatic rings. The van der Waals surface area contributed by atoms with Crippen LogP contribution in [0.1, 0.15) is 25.8 Å². The average molecular weight is 224 g/mol. The van der Waals surface area contributed by atoms with Crippen molar-refractivity contribution in [1.29, 1.82) is 0 Å². The van der Waals surface area contributed by atoms with E-state index >= 15 is 0 Å². The van der Waals surface area contributed by atoms with Crippen LogP contribution in [0.15, 0.2) is 18.2 Å². The molecule has 0 saturated carbocycles. The number of aliphatic hydroxyl groups is 1. The van der Waals surface area contributed by atoms with Crippen LogP contribution >= 0.6 is 0 Å². The Balaban J connectivity index is 2.67. The molecule has 0 saturated heterocycles. The van der Waals surface area contributed by atoms with Gasteiger partial charge in [-0.3, -0.25) is 0 Å². The summed E-state index contributed by atoms with van der Waals surface area (Å²) >= 11 is 0. The zero-order valence-electron chi connectivity index (χ0n) is 10.2. The standard InChI is InChI=1S/C13H20O3/c1-10(2)6-7-16-13-8-12(15-3)5-4-11(13)9-14/h4-5,8,10,14H,6-7,9H2,1-3H3. The summed E-state index contributed by atoms with van der Waals surface area (Å²) in [5.74, 6) is 2.07. The highest BCUT2D eigenvalue weighted by Crippen LogP contribution is 2.25. The highest BCUT2D eigenvalue weighted by Gasteiger charge is 2.05. The van der Waals surface area contributed by atoms with E-state index in [4.69, 9.17) is 14.6 Å². The first-order valence-electron chi connectivity index (χ1n) is 5.58. The van der Waals surface area contributed by atoms with E-state index in [1.54, 1.807) is 7.11 Å². The minimum Gasteiger partial charge on any atom is -0.497 e. The van der Waals surface area contributed by atoms with E-state index in [0.717, 1.165) is 17.7 Å². The van der Waals surface area contributed by atoms with Gasteiger partial charge in [0.15, 0.2) is 0 Å². The van der Waals surface area contributed by atoms with Crippen molar-refractivity contribution in [2.24, 2.45) is 5.92 Å². The molecule has 0 heterocycles. The summed E-state index contributed by atoms with van der Waals surface area (Å²) in [7, 11) is 1.62. The smallest absolute Gasteiger partial charge is 0.128 e. The Hall–Kier alpha value is -1.22. The molecule has 0 aliphatic carbocycles. The zero-order valence-corrected chi connectivity index (χ0v) is 10.2. The molecule has 3 nitrogen and oxygen atoms in total. The third-order valence-electron chi connectivity index (χ3n) is 2.40. The first kappa shape index (κ1) is 12.8. The van der Waals surface area contributed by atoms with E-state index in [0.29, 0.717) is 18.3 Å². The Labute approximate surface area is 97.0 Å². The molecule has 0 spiro atoms. The van der Waals surface area contributed by atoms with E-state index in [2.05, 4.69) is 13.8 Å². The fourth-order valence-electron chi connectivity index (χ4n) is 1.33. The van der Waals surface area contributed by atoms with Gasteiger partial charge in [-0.2, -0.15) is 0 Å². The van der Waals surface area contributed by atoms with E-state index in [1.165, 1.54) is 0 Å². The molecule has 0 aliphatic heterocycles. The van der Waals surface area contributed by atoms with Crippen LogP contribution in [0.3, 0.4) is 0 Å². The second-order valence-corrected chi connectivity index (χ2v) is 4.16. The summed E-state index contributed by atoms with van der Waals surface area (Å²) in [5, 5.41) is 9.17. The number of rotatable bonds is 6. The third-order valence-corrected chi connectivity index (χ3v) is 2.40. The summed E-state index contributed by atoms with van der Waals surface area (Å²) in [6.45, 7) is 4.96. The molecule has 1 N–H and O–H groups in total. The number of hydrogen-bond acceptors (Lipinski definition) is 3. The Morgan fingerprint density at radius 1 is 1.31 bits per heavy atom. The van der Waals surface area contributed by atoms with Crippen molar-refractivity contribution >= 4 is 0 Å². The minimum atomic E-state index is -0.0129. The van der Waals surface area contributed by atoms with E-state index in [9.17, 15) is 0 Å². The first-order chi connectivity index (χ1) is 7.67. The lowest BCUT2D eigenvalue weighted by molar-refractivity contribution is 0.254. The molecular formula is C13H20O3. The zero-order chi connectivity index (χ0) is 12.0. The Morgan fingerprint density at radius 3 is 2.62 bits per heavy atom. The van der Waals surface area contributed by atoms with Gasteiger partial charge in [0.2, 0.25) is 0 Å². The van der Waals surface area contributed by atoms with Gasteiger partial charge < -0.3 is 14.6 Å². The van der Waals surface area contributed by atoms with Gasteiger partial charge >= 0.3 is 0 Å². The number of methoxy groups -OCH3 is 1. The molecule has 0 aliphatic rings. The molecule has 0 amide bonds. The molecule has 0 bridgehead atoms. The number of hydrogen-bond donors (Lipinski definition) is 1. The molecule has 3 heteroatoms. The molecule has 0 aromatic heterocycles. The van der Waals surface area contributed by atoms with E-state index < -0.39 is 0 Å².